The molecule has 0 bridgehead atoms. The highest BCUT2D eigenvalue weighted by atomic mass is 16.2. The van der Waals surface area contributed by atoms with Gasteiger partial charge in [-0.25, -0.2) is 9.97 Å². The van der Waals surface area contributed by atoms with Gasteiger partial charge in [0, 0.05) is 32.3 Å². The molecule has 0 saturated heterocycles. The van der Waals surface area contributed by atoms with Crippen molar-refractivity contribution in [2.45, 2.75) is 39.0 Å². The zero-order chi connectivity index (χ0) is 13.7. The number of rotatable bonds is 6. The normalized spacial score (nSPS) is 14.6. The predicted octanol–water partition coefficient (Wildman–Crippen LogP) is 1.73. The number of nitrogens with zero attached hydrogens (tertiary/aromatic N) is 3. The molecule has 104 valence electrons. The first kappa shape index (κ1) is 13.9. The van der Waals surface area contributed by atoms with Crippen molar-refractivity contribution in [2.75, 3.05) is 24.6 Å². The van der Waals surface area contributed by atoms with Gasteiger partial charge in [-0.2, -0.15) is 0 Å². The van der Waals surface area contributed by atoms with E-state index in [-0.39, 0.29) is 12.4 Å². The fraction of sp³-hybridized carbons (Fsp3) is 0.643. The standard InChI is InChI=1S/C14H21N3O2/c1-11-15-10-12-13(19)6-8-17(14(12)16-11)7-4-2-3-5-9-18/h10,18H,2-9H2,1H3. The van der Waals surface area contributed by atoms with Crippen molar-refractivity contribution in [1.29, 1.82) is 0 Å². The average molecular weight is 263 g/mol. The van der Waals surface area contributed by atoms with Crippen molar-refractivity contribution < 1.29 is 9.90 Å². The summed E-state index contributed by atoms with van der Waals surface area (Å²) in [4.78, 5) is 22.5. The van der Waals surface area contributed by atoms with Crippen LogP contribution in [0.5, 0.6) is 0 Å². The van der Waals surface area contributed by atoms with Crippen LogP contribution >= 0.6 is 0 Å². The highest BCUT2D eigenvalue weighted by Gasteiger charge is 2.24. The van der Waals surface area contributed by atoms with E-state index in [0.29, 0.717) is 17.8 Å². The minimum Gasteiger partial charge on any atom is -0.396 e. The molecule has 19 heavy (non-hydrogen) atoms. The molecule has 2 heterocycles. The molecule has 0 aromatic carbocycles. The van der Waals surface area contributed by atoms with Crippen molar-refractivity contribution in [3.63, 3.8) is 0 Å². The monoisotopic (exact) mass is 263 g/mol. The van der Waals surface area contributed by atoms with E-state index in [4.69, 9.17) is 5.11 Å². The predicted molar refractivity (Wildman–Crippen MR) is 73.5 cm³/mol. The number of fused-ring (bicyclic) bond motifs is 1. The van der Waals surface area contributed by atoms with Gasteiger partial charge in [-0.15, -0.1) is 0 Å². The number of aliphatic hydroxyl groups excluding tert-OH is 1. The Morgan fingerprint density at radius 2 is 2.11 bits per heavy atom. The molecule has 0 amide bonds. The number of unbranched alkanes of at least 4 members (excludes halogenated alkanes) is 3. The molecule has 1 aromatic rings. The summed E-state index contributed by atoms with van der Waals surface area (Å²) >= 11 is 0. The third-order valence-electron chi connectivity index (χ3n) is 3.43. The number of aromatic nitrogens is 2. The summed E-state index contributed by atoms with van der Waals surface area (Å²) < 4.78 is 0. The number of hydrogen-bond donors (Lipinski definition) is 1. The third-order valence-corrected chi connectivity index (χ3v) is 3.43. The second kappa shape index (κ2) is 6.61. The largest absolute Gasteiger partial charge is 0.396 e. The number of aliphatic hydroxyl groups is 1. The molecule has 0 radical (unpaired) electrons. The molecule has 0 aliphatic carbocycles. The molecule has 1 N–H and O–H groups in total. The summed E-state index contributed by atoms with van der Waals surface area (Å²) in [7, 11) is 0. The van der Waals surface area contributed by atoms with Gasteiger partial charge < -0.3 is 10.0 Å². The van der Waals surface area contributed by atoms with Crippen LogP contribution in [0.3, 0.4) is 0 Å². The Hall–Kier alpha value is -1.49. The van der Waals surface area contributed by atoms with E-state index in [1.807, 2.05) is 6.92 Å². The first-order valence-corrected chi connectivity index (χ1v) is 6.95. The lowest BCUT2D eigenvalue weighted by molar-refractivity contribution is 0.0979. The number of carbonyl (C=O) groups excluding carboxylic acids is 1. The summed E-state index contributed by atoms with van der Waals surface area (Å²) in [5.74, 6) is 1.65. The molecule has 2 rings (SSSR count). The lowest BCUT2D eigenvalue weighted by Gasteiger charge is -2.29. The molecule has 0 atom stereocenters. The smallest absolute Gasteiger partial charge is 0.169 e. The van der Waals surface area contributed by atoms with Gasteiger partial charge in [0.25, 0.3) is 0 Å². The quantitative estimate of drug-likeness (QED) is 0.792. The van der Waals surface area contributed by atoms with Crippen molar-refractivity contribution >= 4 is 11.6 Å². The number of Topliss-reactive ketones (excluding diaryl/α,β-unsaturated/α-hetero) is 1. The molecule has 5 nitrogen and oxygen atoms in total. The molecule has 1 aromatic heterocycles. The Morgan fingerprint density at radius 1 is 1.32 bits per heavy atom. The van der Waals surface area contributed by atoms with Gasteiger partial charge in [-0.3, -0.25) is 4.79 Å². The summed E-state index contributed by atoms with van der Waals surface area (Å²) in [6.45, 7) is 3.79. The van der Waals surface area contributed by atoms with Gasteiger partial charge >= 0.3 is 0 Å². The lowest BCUT2D eigenvalue weighted by Crippen LogP contribution is -2.34. The zero-order valence-corrected chi connectivity index (χ0v) is 11.4. The SMILES string of the molecule is Cc1ncc2c(n1)N(CCCCCCO)CCC2=O. The second-order valence-corrected chi connectivity index (χ2v) is 4.95. The number of ketones is 1. The fourth-order valence-corrected chi connectivity index (χ4v) is 2.36. The van der Waals surface area contributed by atoms with E-state index in [1.165, 1.54) is 0 Å². The lowest BCUT2D eigenvalue weighted by atomic mass is 10.1. The maximum absolute atomic E-state index is 11.8. The van der Waals surface area contributed by atoms with E-state index < -0.39 is 0 Å². The fourth-order valence-electron chi connectivity index (χ4n) is 2.36. The molecular formula is C14H21N3O2. The van der Waals surface area contributed by atoms with Crippen LogP contribution < -0.4 is 4.90 Å². The highest BCUT2D eigenvalue weighted by molar-refractivity contribution is 6.02. The maximum Gasteiger partial charge on any atom is 0.169 e. The number of anilines is 1. The topological polar surface area (TPSA) is 66.3 Å². The Morgan fingerprint density at radius 3 is 2.89 bits per heavy atom. The van der Waals surface area contributed by atoms with Crippen molar-refractivity contribution in [3.8, 4) is 0 Å². The first-order chi connectivity index (χ1) is 9.22. The van der Waals surface area contributed by atoms with Crippen molar-refractivity contribution in [3.05, 3.63) is 17.6 Å². The van der Waals surface area contributed by atoms with Crippen LogP contribution in [0, 0.1) is 6.92 Å². The summed E-state index contributed by atoms with van der Waals surface area (Å²) in [5.41, 5.74) is 0.659. The Kier molecular flexibility index (Phi) is 4.85. The summed E-state index contributed by atoms with van der Waals surface area (Å²) in [6.07, 6.45) is 6.30. The van der Waals surface area contributed by atoms with Crippen LogP contribution in [0.25, 0.3) is 0 Å². The van der Waals surface area contributed by atoms with Gasteiger partial charge in [0.05, 0.1) is 5.56 Å². The van der Waals surface area contributed by atoms with Crippen LogP contribution in [-0.4, -0.2) is 40.6 Å². The minimum atomic E-state index is 0.145. The molecule has 0 fully saturated rings. The van der Waals surface area contributed by atoms with Crippen molar-refractivity contribution in [1.82, 2.24) is 9.97 Å². The maximum atomic E-state index is 11.8. The number of carbonyl (C=O) groups is 1. The van der Waals surface area contributed by atoms with E-state index in [0.717, 1.165) is 44.6 Å². The molecule has 5 heteroatoms. The van der Waals surface area contributed by atoms with Gasteiger partial charge in [0.2, 0.25) is 0 Å². The van der Waals surface area contributed by atoms with Crippen LogP contribution in [-0.2, 0) is 0 Å². The van der Waals surface area contributed by atoms with E-state index in [9.17, 15) is 4.79 Å². The van der Waals surface area contributed by atoms with Crippen molar-refractivity contribution in [2.24, 2.45) is 0 Å². The molecule has 1 aliphatic heterocycles. The van der Waals surface area contributed by atoms with E-state index in [2.05, 4.69) is 14.9 Å². The second-order valence-electron chi connectivity index (χ2n) is 4.95. The van der Waals surface area contributed by atoms with E-state index in [1.54, 1.807) is 6.20 Å². The molecular weight excluding hydrogens is 242 g/mol. The van der Waals surface area contributed by atoms with Gasteiger partial charge in [-0.05, 0) is 19.8 Å². The Labute approximate surface area is 113 Å². The highest BCUT2D eigenvalue weighted by Crippen LogP contribution is 2.24. The van der Waals surface area contributed by atoms with Gasteiger partial charge in [0.15, 0.2) is 5.78 Å². The third kappa shape index (κ3) is 3.50. The molecule has 0 unspecified atom stereocenters. The first-order valence-electron chi connectivity index (χ1n) is 6.95. The molecule has 0 spiro atoms. The van der Waals surface area contributed by atoms with Crippen LogP contribution in [0.2, 0.25) is 0 Å². The van der Waals surface area contributed by atoms with E-state index >= 15 is 0 Å². The summed E-state index contributed by atoms with van der Waals surface area (Å²) in [6, 6.07) is 0. The van der Waals surface area contributed by atoms with Gasteiger partial charge in [0.1, 0.15) is 11.6 Å². The summed E-state index contributed by atoms with van der Waals surface area (Å²) in [5, 5.41) is 8.74. The minimum absolute atomic E-state index is 0.145. The van der Waals surface area contributed by atoms with Crippen LogP contribution in [0.15, 0.2) is 6.20 Å². The Bertz CT molecular complexity index is 448. The Balaban J connectivity index is 1.98. The van der Waals surface area contributed by atoms with Crippen LogP contribution in [0.4, 0.5) is 5.82 Å². The van der Waals surface area contributed by atoms with Crippen LogP contribution in [0.1, 0.15) is 48.3 Å². The molecule has 1 aliphatic rings. The van der Waals surface area contributed by atoms with Gasteiger partial charge in [-0.1, -0.05) is 12.8 Å². The zero-order valence-electron chi connectivity index (χ0n) is 11.4. The number of hydrogen-bond acceptors (Lipinski definition) is 5. The average Bonchev–Trinajstić information content (AvgIpc) is 2.41. The molecule has 0 saturated carbocycles. The number of aryl methyl sites for hydroxylation is 1.